The number of hydrogen-bond donors (Lipinski definition) is 0. The molecule has 3 aromatic rings. The lowest BCUT2D eigenvalue weighted by Gasteiger charge is -2.11. The van der Waals surface area contributed by atoms with Gasteiger partial charge in [0, 0.05) is 24.5 Å². The molecule has 0 aliphatic rings. The maximum absolute atomic E-state index is 5.62. The minimum atomic E-state index is 0.573. The Morgan fingerprint density at radius 1 is 1.18 bits per heavy atom. The second-order valence-electron chi connectivity index (χ2n) is 5.37. The number of hydrogen-bond acceptors (Lipinski definition) is 4. The Morgan fingerprint density at radius 3 is 2.64 bits per heavy atom. The monoisotopic (exact) mass is 296 g/mol. The van der Waals surface area contributed by atoms with Gasteiger partial charge in [-0.15, -0.1) is 0 Å². The summed E-state index contributed by atoms with van der Waals surface area (Å²) in [6.45, 7) is 3.32. The van der Waals surface area contributed by atoms with Gasteiger partial charge in [-0.25, -0.2) is 9.97 Å². The molecule has 2 aromatic heterocycles. The lowest BCUT2D eigenvalue weighted by Crippen LogP contribution is -2.13. The Morgan fingerprint density at radius 2 is 1.95 bits per heavy atom. The molecule has 22 heavy (non-hydrogen) atoms. The average Bonchev–Trinajstić information content (AvgIpc) is 2.88. The van der Waals surface area contributed by atoms with Gasteiger partial charge < -0.3 is 9.64 Å². The van der Waals surface area contributed by atoms with Crippen molar-refractivity contribution in [1.82, 2.24) is 19.3 Å². The van der Waals surface area contributed by atoms with Crippen LogP contribution in [0, 0.1) is 0 Å². The quantitative estimate of drug-likeness (QED) is 0.726. The summed E-state index contributed by atoms with van der Waals surface area (Å²) in [6.07, 6.45) is 3.70. The molecule has 0 radical (unpaired) electrons. The lowest BCUT2D eigenvalue weighted by atomic mass is 10.1. The van der Waals surface area contributed by atoms with Crippen molar-refractivity contribution in [1.29, 1.82) is 0 Å². The molecule has 0 saturated carbocycles. The normalized spacial score (nSPS) is 11.3. The molecule has 0 spiro atoms. The van der Waals surface area contributed by atoms with Gasteiger partial charge in [0.05, 0.1) is 18.0 Å². The highest BCUT2D eigenvalue weighted by Crippen LogP contribution is 2.28. The first-order valence-corrected chi connectivity index (χ1v) is 7.39. The SMILES string of the molecule is CCOc1nccn2c(CN(C)C)c(-c3ccccc3)nc12. The third kappa shape index (κ3) is 2.67. The summed E-state index contributed by atoms with van der Waals surface area (Å²) in [7, 11) is 4.11. The van der Waals surface area contributed by atoms with Crippen molar-refractivity contribution in [3.63, 3.8) is 0 Å². The molecular formula is C17H20N4O. The number of rotatable bonds is 5. The summed E-state index contributed by atoms with van der Waals surface area (Å²) >= 11 is 0. The number of nitrogens with zero attached hydrogens (tertiary/aromatic N) is 4. The molecule has 0 fully saturated rings. The lowest BCUT2D eigenvalue weighted by molar-refractivity contribution is 0.328. The van der Waals surface area contributed by atoms with Crippen LogP contribution in [0.15, 0.2) is 42.7 Å². The Kier molecular flexibility index (Phi) is 4.06. The molecule has 2 heterocycles. The first-order chi connectivity index (χ1) is 10.7. The maximum Gasteiger partial charge on any atom is 0.258 e. The third-order valence-corrected chi connectivity index (χ3v) is 3.40. The standard InChI is InChI=1S/C17H20N4O/c1-4-22-17-16-19-15(13-8-6-5-7-9-13)14(12-20(2)3)21(16)11-10-18-17/h5-11H,4,12H2,1-3H3. The van der Waals surface area contributed by atoms with Gasteiger partial charge in [0.15, 0.2) is 0 Å². The van der Waals surface area contributed by atoms with Crippen molar-refractivity contribution < 1.29 is 4.74 Å². The molecule has 0 bridgehead atoms. The van der Waals surface area contributed by atoms with Crippen molar-refractivity contribution in [2.24, 2.45) is 0 Å². The van der Waals surface area contributed by atoms with Gasteiger partial charge in [-0.1, -0.05) is 30.3 Å². The largest absolute Gasteiger partial charge is 0.475 e. The predicted octanol–water partition coefficient (Wildman–Crippen LogP) is 2.86. The van der Waals surface area contributed by atoms with E-state index < -0.39 is 0 Å². The molecule has 3 rings (SSSR count). The highest BCUT2D eigenvalue weighted by atomic mass is 16.5. The molecule has 0 atom stereocenters. The Bertz CT molecular complexity index is 765. The van der Waals surface area contributed by atoms with E-state index in [0.29, 0.717) is 12.5 Å². The molecule has 114 valence electrons. The highest BCUT2D eigenvalue weighted by molar-refractivity contribution is 5.68. The average molecular weight is 296 g/mol. The molecular weight excluding hydrogens is 276 g/mol. The van der Waals surface area contributed by atoms with Crippen LogP contribution in [0.3, 0.4) is 0 Å². The van der Waals surface area contributed by atoms with Crippen molar-refractivity contribution in [3.8, 4) is 17.1 Å². The van der Waals surface area contributed by atoms with Crippen LogP contribution < -0.4 is 4.74 Å². The summed E-state index contributed by atoms with van der Waals surface area (Å²) < 4.78 is 7.69. The van der Waals surface area contributed by atoms with E-state index in [4.69, 9.17) is 9.72 Å². The Labute approximate surface area is 130 Å². The third-order valence-electron chi connectivity index (χ3n) is 3.40. The van der Waals surface area contributed by atoms with Crippen LogP contribution in [-0.4, -0.2) is 40.0 Å². The molecule has 0 aliphatic carbocycles. The smallest absolute Gasteiger partial charge is 0.258 e. The van der Waals surface area contributed by atoms with E-state index in [-0.39, 0.29) is 0 Å². The van der Waals surface area contributed by atoms with Crippen LogP contribution in [0.1, 0.15) is 12.6 Å². The van der Waals surface area contributed by atoms with Crippen LogP contribution in [0.2, 0.25) is 0 Å². The van der Waals surface area contributed by atoms with Gasteiger partial charge in [0.25, 0.3) is 5.88 Å². The van der Waals surface area contributed by atoms with E-state index >= 15 is 0 Å². The zero-order chi connectivity index (χ0) is 15.5. The zero-order valence-electron chi connectivity index (χ0n) is 13.2. The van der Waals surface area contributed by atoms with Gasteiger partial charge in [-0.2, -0.15) is 0 Å². The fourth-order valence-electron chi connectivity index (χ4n) is 2.52. The molecule has 1 aromatic carbocycles. The van der Waals surface area contributed by atoms with Crippen LogP contribution in [0.4, 0.5) is 0 Å². The second kappa shape index (κ2) is 6.15. The van der Waals surface area contributed by atoms with E-state index in [1.165, 1.54) is 0 Å². The minimum Gasteiger partial charge on any atom is -0.475 e. The summed E-state index contributed by atoms with van der Waals surface area (Å²) in [6, 6.07) is 10.2. The summed E-state index contributed by atoms with van der Waals surface area (Å²) in [5.41, 5.74) is 3.98. The number of aromatic nitrogens is 3. The van der Waals surface area contributed by atoms with Gasteiger partial charge in [-0.3, -0.25) is 4.40 Å². The summed E-state index contributed by atoms with van der Waals surface area (Å²) in [4.78, 5) is 11.2. The van der Waals surface area contributed by atoms with Gasteiger partial charge >= 0.3 is 0 Å². The van der Waals surface area contributed by atoms with Crippen molar-refractivity contribution in [2.75, 3.05) is 20.7 Å². The number of imidazole rings is 1. The van der Waals surface area contributed by atoms with E-state index in [1.54, 1.807) is 6.20 Å². The summed E-state index contributed by atoms with van der Waals surface area (Å²) in [5.74, 6) is 0.576. The number of benzene rings is 1. The Balaban J connectivity index is 2.23. The van der Waals surface area contributed by atoms with E-state index in [1.807, 2.05) is 31.3 Å². The van der Waals surface area contributed by atoms with Crippen LogP contribution in [0.5, 0.6) is 5.88 Å². The maximum atomic E-state index is 5.62. The van der Waals surface area contributed by atoms with Crippen LogP contribution in [0.25, 0.3) is 16.9 Å². The first kappa shape index (κ1) is 14.5. The molecule has 5 heteroatoms. The molecule has 0 saturated heterocycles. The minimum absolute atomic E-state index is 0.573. The molecule has 0 unspecified atom stereocenters. The van der Waals surface area contributed by atoms with Gasteiger partial charge in [-0.05, 0) is 21.0 Å². The fourth-order valence-corrected chi connectivity index (χ4v) is 2.52. The highest BCUT2D eigenvalue weighted by Gasteiger charge is 2.17. The molecule has 5 nitrogen and oxygen atoms in total. The fraction of sp³-hybridized carbons (Fsp3) is 0.294. The van der Waals surface area contributed by atoms with Crippen molar-refractivity contribution in [3.05, 3.63) is 48.4 Å². The van der Waals surface area contributed by atoms with E-state index in [2.05, 4.69) is 40.5 Å². The second-order valence-corrected chi connectivity index (χ2v) is 5.37. The Hall–Kier alpha value is -2.40. The van der Waals surface area contributed by atoms with E-state index in [9.17, 15) is 0 Å². The topological polar surface area (TPSA) is 42.7 Å². The molecule has 0 aliphatic heterocycles. The summed E-state index contributed by atoms with van der Waals surface area (Å²) in [5, 5.41) is 0. The molecule has 0 amide bonds. The molecule has 0 N–H and O–H groups in total. The van der Waals surface area contributed by atoms with Crippen molar-refractivity contribution >= 4 is 5.65 Å². The van der Waals surface area contributed by atoms with E-state index in [0.717, 1.165) is 29.1 Å². The number of ether oxygens (including phenoxy) is 1. The number of fused-ring (bicyclic) bond motifs is 1. The zero-order valence-corrected chi connectivity index (χ0v) is 13.2. The van der Waals surface area contributed by atoms with Crippen molar-refractivity contribution in [2.45, 2.75) is 13.5 Å². The van der Waals surface area contributed by atoms with Gasteiger partial charge in [0.2, 0.25) is 5.65 Å². The van der Waals surface area contributed by atoms with Crippen LogP contribution in [-0.2, 0) is 6.54 Å². The van der Waals surface area contributed by atoms with Gasteiger partial charge in [0.1, 0.15) is 0 Å². The predicted molar refractivity (Wildman–Crippen MR) is 87.0 cm³/mol. The van der Waals surface area contributed by atoms with Crippen LogP contribution >= 0.6 is 0 Å². The first-order valence-electron chi connectivity index (χ1n) is 7.39.